The number of carbonyl (C=O) groups is 2. The lowest BCUT2D eigenvalue weighted by molar-refractivity contribution is -0.136. The molecule has 0 aliphatic rings. The average molecular weight is 346 g/mol. The Morgan fingerprint density at radius 2 is 1.92 bits per heavy atom. The second-order valence-corrected chi connectivity index (χ2v) is 5.85. The molecule has 1 aromatic heterocycles. The highest BCUT2D eigenvalue weighted by atomic mass is 16.5. The molecule has 0 radical (unpaired) electrons. The highest BCUT2D eigenvalue weighted by Crippen LogP contribution is 2.16. The van der Waals surface area contributed by atoms with Crippen molar-refractivity contribution in [2.24, 2.45) is 0 Å². The van der Waals surface area contributed by atoms with Gasteiger partial charge >= 0.3 is 11.8 Å². The third-order valence-electron chi connectivity index (χ3n) is 3.39. The summed E-state index contributed by atoms with van der Waals surface area (Å²) in [6.07, 6.45) is 1.73. The molecule has 134 valence electrons. The third kappa shape index (κ3) is 5.96. The lowest BCUT2D eigenvalue weighted by atomic mass is 10.0. The molecule has 7 nitrogen and oxygen atoms in total. The van der Waals surface area contributed by atoms with Gasteiger partial charge in [0.15, 0.2) is 0 Å². The van der Waals surface area contributed by atoms with Crippen LogP contribution in [-0.4, -0.2) is 35.7 Å². The summed E-state index contributed by atoms with van der Waals surface area (Å²) >= 11 is 0. The predicted molar refractivity (Wildman–Crippen MR) is 92.3 cm³/mol. The van der Waals surface area contributed by atoms with Gasteiger partial charge in [-0.3, -0.25) is 9.59 Å². The van der Waals surface area contributed by atoms with Crippen molar-refractivity contribution in [3.05, 3.63) is 48.4 Å². The number of nitrogens with one attached hydrogen (secondary N) is 2. The fraction of sp³-hybridized carbons (Fsp3) is 0.333. The van der Waals surface area contributed by atoms with E-state index in [4.69, 9.17) is 9.15 Å². The number of ether oxygens (including phenoxy) is 1. The third-order valence-corrected chi connectivity index (χ3v) is 3.39. The molecule has 2 rings (SSSR count). The minimum absolute atomic E-state index is 0.0801. The van der Waals surface area contributed by atoms with Crippen LogP contribution in [0.1, 0.15) is 19.6 Å². The van der Waals surface area contributed by atoms with Gasteiger partial charge in [-0.15, -0.1) is 0 Å². The van der Waals surface area contributed by atoms with Crippen molar-refractivity contribution in [2.45, 2.75) is 25.9 Å². The zero-order chi connectivity index (χ0) is 18.3. The van der Waals surface area contributed by atoms with Crippen LogP contribution >= 0.6 is 0 Å². The van der Waals surface area contributed by atoms with E-state index in [1.54, 1.807) is 43.3 Å². The second kappa shape index (κ2) is 8.34. The fourth-order valence-corrected chi connectivity index (χ4v) is 2.19. The van der Waals surface area contributed by atoms with Crippen LogP contribution in [0.25, 0.3) is 0 Å². The molecule has 1 unspecified atom stereocenters. The van der Waals surface area contributed by atoms with Gasteiger partial charge in [-0.05, 0) is 50.2 Å². The lowest BCUT2D eigenvalue weighted by Gasteiger charge is -2.22. The maximum absolute atomic E-state index is 11.9. The SMILES string of the molecule is CCOc1ccc(NC(=O)C(=O)NCC(C)(O)Cc2ccco2)cc1. The molecule has 0 aliphatic heterocycles. The lowest BCUT2D eigenvalue weighted by Crippen LogP contribution is -2.45. The first-order chi connectivity index (χ1) is 11.9. The first-order valence-electron chi connectivity index (χ1n) is 7.96. The summed E-state index contributed by atoms with van der Waals surface area (Å²) in [5, 5.41) is 15.2. The van der Waals surface area contributed by atoms with Gasteiger partial charge in [0, 0.05) is 18.7 Å². The molecule has 1 atom stereocenters. The van der Waals surface area contributed by atoms with Crippen LogP contribution in [0.4, 0.5) is 5.69 Å². The van der Waals surface area contributed by atoms with Gasteiger partial charge in [-0.25, -0.2) is 0 Å². The van der Waals surface area contributed by atoms with Crippen LogP contribution in [0.3, 0.4) is 0 Å². The number of furan rings is 1. The summed E-state index contributed by atoms with van der Waals surface area (Å²) < 4.78 is 10.5. The molecule has 0 aliphatic carbocycles. The second-order valence-electron chi connectivity index (χ2n) is 5.85. The van der Waals surface area contributed by atoms with Crippen molar-refractivity contribution in [3.8, 4) is 5.75 Å². The van der Waals surface area contributed by atoms with E-state index in [1.165, 1.54) is 6.26 Å². The number of benzene rings is 1. The first kappa shape index (κ1) is 18.5. The normalized spacial score (nSPS) is 12.9. The summed E-state index contributed by atoms with van der Waals surface area (Å²) in [5.41, 5.74) is -0.752. The van der Waals surface area contributed by atoms with E-state index in [0.717, 1.165) is 0 Å². The molecule has 1 aromatic carbocycles. The Bertz CT molecular complexity index is 693. The molecule has 25 heavy (non-hydrogen) atoms. The van der Waals surface area contributed by atoms with E-state index in [-0.39, 0.29) is 13.0 Å². The van der Waals surface area contributed by atoms with Gasteiger partial charge < -0.3 is 24.9 Å². The zero-order valence-corrected chi connectivity index (χ0v) is 14.2. The highest BCUT2D eigenvalue weighted by molar-refractivity contribution is 6.39. The van der Waals surface area contributed by atoms with E-state index in [1.807, 2.05) is 6.92 Å². The maximum atomic E-state index is 11.9. The van der Waals surface area contributed by atoms with E-state index < -0.39 is 17.4 Å². The van der Waals surface area contributed by atoms with Gasteiger partial charge in [-0.2, -0.15) is 0 Å². The topological polar surface area (TPSA) is 101 Å². The number of rotatable bonds is 7. The fourth-order valence-electron chi connectivity index (χ4n) is 2.19. The van der Waals surface area contributed by atoms with E-state index in [9.17, 15) is 14.7 Å². The standard InChI is InChI=1S/C18H22N2O5/c1-3-24-14-8-6-13(7-9-14)20-17(22)16(21)19-12-18(2,23)11-15-5-4-10-25-15/h4-10,23H,3,11-12H2,1-2H3,(H,19,21)(H,20,22). The predicted octanol–water partition coefficient (Wildman–Crippen LogP) is 1.73. The summed E-state index contributed by atoms with van der Waals surface area (Å²) in [7, 11) is 0. The highest BCUT2D eigenvalue weighted by Gasteiger charge is 2.25. The van der Waals surface area contributed by atoms with Crippen molar-refractivity contribution in [1.29, 1.82) is 0 Å². The average Bonchev–Trinajstić information content (AvgIpc) is 3.07. The Kier molecular flexibility index (Phi) is 6.19. The molecule has 2 amide bonds. The van der Waals surface area contributed by atoms with Crippen LogP contribution in [0, 0.1) is 0 Å². The van der Waals surface area contributed by atoms with Crippen LogP contribution < -0.4 is 15.4 Å². The molecule has 0 spiro atoms. The number of aliphatic hydroxyl groups is 1. The van der Waals surface area contributed by atoms with Crippen LogP contribution in [-0.2, 0) is 16.0 Å². The Morgan fingerprint density at radius 1 is 1.20 bits per heavy atom. The van der Waals surface area contributed by atoms with E-state index in [2.05, 4.69) is 10.6 Å². The summed E-state index contributed by atoms with van der Waals surface area (Å²) in [4.78, 5) is 23.8. The molecule has 3 N–H and O–H groups in total. The smallest absolute Gasteiger partial charge is 0.313 e. The van der Waals surface area contributed by atoms with Crippen molar-refractivity contribution in [1.82, 2.24) is 5.32 Å². The monoisotopic (exact) mass is 346 g/mol. The molecular weight excluding hydrogens is 324 g/mol. The van der Waals surface area contributed by atoms with Crippen molar-refractivity contribution in [2.75, 3.05) is 18.5 Å². The number of carbonyl (C=O) groups excluding carboxylic acids is 2. The number of anilines is 1. The Balaban J connectivity index is 1.82. The van der Waals surface area contributed by atoms with Gasteiger partial charge in [0.1, 0.15) is 11.5 Å². The van der Waals surface area contributed by atoms with Crippen LogP contribution in [0.15, 0.2) is 47.1 Å². The molecule has 0 bridgehead atoms. The van der Waals surface area contributed by atoms with Gasteiger partial charge in [0.05, 0.1) is 18.5 Å². The first-order valence-corrected chi connectivity index (χ1v) is 7.96. The zero-order valence-electron chi connectivity index (χ0n) is 14.2. The van der Waals surface area contributed by atoms with Crippen molar-refractivity contribution < 1.29 is 23.8 Å². The van der Waals surface area contributed by atoms with Crippen LogP contribution in [0.5, 0.6) is 5.75 Å². The molecular formula is C18H22N2O5. The Morgan fingerprint density at radius 3 is 2.52 bits per heavy atom. The molecule has 0 saturated carbocycles. The summed E-state index contributed by atoms with van der Waals surface area (Å²) in [6.45, 7) is 3.90. The molecule has 7 heteroatoms. The van der Waals surface area contributed by atoms with Gasteiger partial charge in [0.2, 0.25) is 0 Å². The van der Waals surface area contributed by atoms with E-state index >= 15 is 0 Å². The minimum Gasteiger partial charge on any atom is -0.494 e. The largest absolute Gasteiger partial charge is 0.494 e. The van der Waals surface area contributed by atoms with Gasteiger partial charge in [0.25, 0.3) is 0 Å². The molecule has 1 heterocycles. The molecule has 2 aromatic rings. The Hall–Kier alpha value is -2.80. The van der Waals surface area contributed by atoms with Gasteiger partial charge in [-0.1, -0.05) is 0 Å². The minimum atomic E-state index is -1.23. The van der Waals surface area contributed by atoms with E-state index in [0.29, 0.717) is 23.8 Å². The molecule has 0 saturated heterocycles. The maximum Gasteiger partial charge on any atom is 0.313 e. The Labute approximate surface area is 146 Å². The number of hydrogen-bond acceptors (Lipinski definition) is 5. The van der Waals surface area contributed by atoms with Crippen molar-refractivity contribution >= 4 is 17.5 Å². The number of hydrogen-bond donors (Lipinski definition) is 3. The molecule has 0 fully saturated rings. The quantitative estimate of drug-likeness (QED) is 0.663. The number of amides is 2. The van der Waals surface area contributed by atoms with Crippen molar-refractivity contribution in [3.63, 3.8) is 0 Å². The van der Waals surface area contributed by atoms with Crippen LogP contribution in [0.2, 0.25) is 0 Å². The summed E-state index contributed by atoms with van der Waals surface area (Å²) in [5.74, 6) is -0.358. The summed E-state index contributed by atoms with van der Waals surface area (Å²) in [6, 6.07) is 10.1.